The quantitative estimate of drug-likeness (QED) is 0.943. The average molecular weight is 305 g/mol. The van der Waals surface area contributed by atoms with E-state index in [1.165, 1.54) is 0 Å². The highest BCUT2D eigenvalue weighted by Crippen LogP contribution is 2.49. The van der Waals surface area contributed by atoms with Crippen molar-refractivity contribution in [2.75, 3.05) is 5.32 Å². The second-order valence-electron chi connectivity index (χ2n) is 6.61. The van der Waals surface area contributed by atoms with Crippen LogP contribution in [0.4, 0.5) is 5.69 Å². The van der Waals surface area contributed by atoms with Crippen LogP contribution in [0.5, 0.6) is 0 Å². The van der Waals surface area contributed by atoms with Crippen LogP contribution in [-0.2, 0) is 21.4 Å². The molecule has 3 nitrogen and oxygen atoms in total. The molecule has 1 N–H and O–H groups in total. The van der Waals surface area contributed by atoms with E-state index in [9.17, 15) is 9.59 Å². The maximum atomic E-state index is 13.0. The first-order valence-corrected chi connectivity index (χ1v) is 8.17. The monoisotopic (exact) mass is 305 g/mol. The predicted molar refractivity (Wildman–Crippen MR) is 89.2 cm³/mol. The number of carbonyl (C=O) groups is 2. The van der Waals surface area contributed by atoms with Gasteiger partial charge in [0, 0.05) is 18.5 Å². The van der Waals surface area contributed by atoms with Gasteiger partial charge < -0.3 is 5.32 Å². The zero-order valence-electron chi connectivity index (χ0n) is 12.9. The Morgan fingerprint density at radius 2 is 1.74 bits per heavy atom. The zero-order valence-corrected chi connectivity index (χ0v) is 12.9. The summed E-state index contributed by atoms with van der Waals surface area (Å²) in [6.45, 7) is 0. The normalized spacial score (nSPS) is 26.2. The molecule has 23 heavy (non-hydrogen) atoms. The molecular weight excluding hydrogens is 286 g/mol. The van der Waals surface area contributed by atoms with Crippen molar-refractivity contribution in [1.29, 1.82) is 0 Å². The van der Waals surface area contributed by atoms with Crippen molar-refractivity contribution in [1.82, 2.24) is 0 Å². The highest BCUT2D eigenvalue weighted by molar-refractivity contribution is 6.07. The van der Waals surface area contributed by atoms with Crippen LogP contribution in [0.2, 0.25) is 0 Å². The number of rotatable bonds is 3. The van der Waals surface area contributed by atoms with Crippen molar-refractivity contribution >= 4 is 17.4 Å². The number of anilines is 1. The van der Waals surface area contributed by atoms with Gasteiger partial charge in [-0.2, -0.15) is 0 Å². The van der Waals surface area contributed by atoms with E-state index in [1.807, 2.05) is 42.5 Å². The lowest BCUT2D eigenvalue weighted by atomic mass is 9.66. The molecule has 0 saturated heterocycles. The van der Waals surface area contributed by atoms with Gasteiger partial charge in [-0.15, -0.1) is 0 Å². The molecule has 0 unspecified atom stereocenters. The molecule has 116 valence electrons. The van der Waals surface area contributed by atoms with Gasteiger partial charge in [-0.1, -0.05) is 48.5 Å². The molecule has 2 aromatic rings. The number of hydrogen-bond donors (Lipinski definition) is 1. The number of fused-ring (bicyclic) bond motifs is 1. The van der Waals surface area contributed by atoms with E-state index in [-0.39, 0.29) is 17.6 Å². The van der Waals surface area contributed by atoms with Crippen molar-refractivity contribution in [2.24, 2.45) is 5.92 Å². The molecule has 0 bridgehead atoms. The standard InChI is InChI=1S/C20H19NO2/c22-16-11-10-15(12-16)20(13-14-6-2-1-3-7-14)17-8-4-5-9-18(17)21-19(20)23/h1-9,15H,10-13H2,(H,21,23)/t15-,20+/m1/s1. The summed E-state index contributed by atoms with van der Waals surface area (Å²) in [7, 11) is 0. The number of Topliss-reactive ketones (excluding diaryl/α,β-unsaturated/α-hetero) is 1. The molecule has 2 atom stereocenters. The minimum atomic E-state index is -0.621. The third kappa shape index (κ3) is 2.19. The second-order valence-corrected chi connectivity index (χ2v) is 6.61. The van der Waals surface area contributed by atoms with Crippen molar-refractivity contribution in [3.05, 3.63) is 65.7 Å². The van der Waals surface area contributed by atoms with Gasteiger partial charge in [-0.25, -0.2) is 0 Å². The van der Waals surface area contributed by atoms with E-state index >= 15 is 0 Å². The van der Waals surface area contributed by atoms with Crippen LogP contribution in [0.3, 0.4) is 0 Å². The molecule has 0 radical (unpaired) electrons. The summed E-state index contributed by atoms with van der Waals surface area (Å²) in [5.74, 6) is 0.403. The van der Waals surface area contributed by atoms with Crippen LogP contribution in [0, 0.1) is 5.92 Å². The van der Waals surface area contributed by atoms with Crippen LogP contribution in [0.15, 0.2) is 54.6 Å². The highest BCUT2D eigenvalue weighted by Gasteiger charge is 2.53. The van der Waals surface area contributed by atoms with Crippen LogP contribution in [0.1, 0.15) is 30.4 Å². The lowest BCUT2D eigenvalue weighted by Crippen LogP contribution is -2.43. The molecule has 2 aromatic carbocycles. The molecular formula is C20H19NO2. The Labute approximate surface area is 135 Å². The maximum absolute atomic E-state index is 13.0. The van der Waals surface area contributed by atoms with Gasteiger partial charge in [0.1, 0.15) is 5.78 Å². The summed E-state index contributed by atoms with van der Waals surface area (Å²) in [4.78, 5) is 24.9. The number of amides is 1. The Hall–Kier alpha value is -2.42. The van der Waals surface area contributed by atoms with Crippen LogP contribution < -0.4 is 5.32 Å². The number of ketones is 1. The Bertz CT molecular complexity index is 768. The fourth-order valence-corrected chi connectivity index (χ4v) is 4.22. The number of nitrogens with one attached hydrogen (secondary N) is 1. The summed E-state index contributed by atoms with van der Waals surface area (Å²) in [5.41, 5.74) is 2.46. The van der Waals surface area contributed by atoms with Gasteiger partial charge in [-0.05, 0) is 36.0 Å². The topological polar surface area (TPSA) is 46.2 Å². The first kappa shape index (κ1) is 14.2. The molecule has 1 amide bonds. The van der Waals surface area contributed by atoms with Crippen molar-refractivity contribution in [2.45, 2.75) is 31.1 Å². The first-order chi connectivity index (χ1) is 11.2. The third-order valence-corrected chi connectivity index (χ3v) is 5.33. The Morgan fingerprint density at radius 3 is 2.48 bits per heavy atom. The van der Waals surface area contributed by atoms with E-state index in [4.69, 9.17) is 0 Å². The summed E-state index contributed by atoms with van der Waals surface area (Å²) in [5, 5.41) is 3.05. The van der Waals surface area contributed by atoms with Crippen LogP contribution >= 0.6 is 0 Å². The fraction of sp³-hybridized carbons (Fsp3) is 0.300. The summed E-state index contributed by atoms with van der Waals surface area (Å²) < 4.78 is 0. The van der Waals surface area contributed by atoms with Gasteiger partial charge in [0.15, 0.2) is 0 Å². The first-order valence-electron chi connectivity index (χ1n) is 8.17. The second kappa shape index (κ2) is 5.34. The molecule has 0 spiro atoms. The summed E-state index contributed by atoms with van der Waals surface area (Å²) in [6.07, 6.45) is 2.55. The Balaban J connectivity index is 1.84. The Kier molecular flexibility index (Phi) is 3.29. The molecule has 1 aliphatic carbocycles. The SMILES string of the molecule is O=C1CC[C@@H]([C@]2(Cc3ccccc3)C(=O)Nc3ccccc32)C1. The summed E-state index contributed by atoms with van der Waals surface area (Å²) in [6, 6.07) is 18.0. The average Bonchev–Trinajstić information content (AvgIpc) is 3.11. The molecule has 2 aliphatic rings. The minimum absolute atomic E-state index is 0.0438. The number of hydrogen-bond acceptors (Lipinski definition) is 2. The molecule has 4 rings (SSSR count). The maximum Gasteiger partial charge on any atom is 0.235 e. The van der Waals surface area contributed by atoms with E-state index in [1.54, 1.807) is 0 Å². The van der Waals surface area contributed by atoms with E-state index in [2.05, 4.69) is 17.4 Å². The number of benzene rings is 2. The van der Waals surface area contributed by atoms with Crippen molar-refractivity contribution in [3.8, 4) is 0 Å². The van der Waals surface area contributed by atoms with Gasteiger partial charge in [-0.3, -0.25) is 9.59 Å². The smallest absolute Gasteiger partial charge is 0.235 e. The number of carbonyl (C=O) groups excluding carboxylic acids is 2. The van der Waals surface area contributed by atoms with E-state index < -0.39 is 5.41 Å². The predicted octanol–water partition coefficient (Wildman–Crippen LogP) is 3.49. The van der Waals surface area contributed by atoms with E-state index in [0.29, 0.717) is 19.3 Å². The van der Waals surface area contributed by atoms with Gasteiger partial charge in [0.25, 0.3) is 0 Å². The van der Waals surface area contributed by atoms with Crippen molar-refractivity contribution < 1.29 is 9.59 Å². The summed E-state index contributed by atoms with van der Waals surface area (Å²) >= 11 is 0. The lowest BCUT2D eigenvalue weighted by Gasteiger charge is -2.33. The van der Waals surface area contributed by atoms with Crippen LogP contribution in [0.25, 0.3) is 0 Å². The molecule has 0 aromatic heterocycles. The minimum Gasteiger partial charge on any atom is -0.325 e. The van der Waals surface area contributed by atoms with Gasteiger partial charge in [0.05, 0.1) is 5.41 Å². The third-order valence-electron chi connectivity index (χ3n) is 5.33. The fourth-order valence-electron chi connectivity index (χ4n) is 4.22. The zero-order chi connectivity index (χ0) is 15.9. The number of para-hydroxylation sites is 1. The molecule has 1 saturated carbocycles. The molecule has 1 heterocycles. The highest BCUT2D eigenvalue weighted by atomic mass is 16.2. The van der Waals surface area contributed by atoms with Gasteiger partial charge >= 0.3 is 0 Å². The largest absolute Gasteiger partial charge is 0.325 e. The molecule has 1 aliphatic heterocycles. The van der Waals surface area contributed by atoms with Gasteiger partial charge in [0.2, 0.25) is 5.91 Å². The van der Waals surface area contributed by atoms with Crippen molar-refractivity contribution in [3.63, 3.8) is 0 Å². The molecule has 1 fully saturated rings. The van der Waals surface area contributed by atoms with Crippen LogP contribution in [-0.4, -0.2) is 11.7 Å². The molecule has 3 heteroatoms. The Morgan fingerprint density at radius 1 is 1.00 bits per heavy atom. The van der Waals surface area contributed by atoms with E-state index in [0.717, 1.165) is 23.2 Å². The lowest BCUT2D eigenvalue weighted by molar-refractivity contribution is -0.123.